The minimum Gasteiger partial charge on any atom is -0.394 e. The summed E-state index contributed by atoms with van der Waals surface area (Å²) in [4.78, 5) is 0. The summed E-state index contributed by atoms with van der Waals surface area (Å²) in [5.41, 5.74) is 0. The molecule has 3 N–H and O–H groups in total. The average molecular weight is 172 g/mol. The van der Waals surface area contributed by atoms with Crippen LogP contribution >= 0.6 is 0 Å². The standard InChI is InChI=1S/C8H12O4/c1-2-5-3-6(10)8(11)7(4-9)12-5/h1,5-11H,3-4H2/t5?,6?,7?,8-/m0/s1. The van der Waals surface area contributed by atoms with Crippen molar-refractivity contribution < 1.29 is 20.1 Å². The Morgan fingerprint density at radius 2 is 2.17 bits per heavy atom. The topological polar surface area (TPSA) is 69.9 Å². The van der Waals surface area contributed by atoms with Crippen molar-refractivity contribution in [2.75, 3.05) is 6.61 Å². The van der Waals surface area contributed by atoms with E-state index in [0.717, 1.165) is 0 Å². The second kappa shape index (κ2) is 3.87. The van der Waals surface area contributed by atoms with Gasteiger partial charge in [0.25, 0.3) is 0 Å². The van der Waals surface area contributed by atoms with Crippen molar-refractivity contribution in [2.45, 2.75) is 30.8 Å². The van der Waals surface area contributed by atoms with Crippen molar-refractivity contribution in [2.24, 2.45) is 0 Å². The van der Waals surface area contributed by atoms with E-state index in [2.05, 4.69) is 5.92 Å². The zero-order chi connectivity index (χ0) is 9.14. The molecule has 1 saturated heterocycles. The molecule has 0 radical (unpaired) electrons. The molecule has 0 aliphatic carbocycles. The van der Waals surface area contributed by atoms with Crippen molar-refractivity contribution >= 4 is 0 Å². The Morgan fingerprint density at radius 1 is 1.50 bits per heavy atom. The lowest BCUT2D eigenvalue weighted by atomic mass is 9.98. The summed E-state index contributed by atoms with van der Waals surface area (Å²) in [5.74, 6) is 2.31. The van der Waals surface area contributed by atoms with E-state index in [9.17, 15) is 10.2 Å². The molecule has 4 atom stereocenters. The first kappa shape index (κ1) is 9.49. The van der Waals surface area contributed by atoms with Crippen LogP contribution in [0.2, 0.25) is 0 Å². The Hall–Kier alpha value is -0.600. The predicted octanol–water partition coefficient (Wildman–Crippen LogP) is -1.51. The summed E-state index contributed by atoms with van der Waals surface area (Å²) in [5, 5.41) is 27.2. The van der Waals surface area contributed by atoms with E-state index in [4.69, 9.17) is 16.3 Å². The summed E-state index contributed by atoms with van der Waals surface area (Å²) in [6, 6.07) is 0. The lowest BCUT2D eigenvalue weighted by Gasteiger charge is -2.34. The zero-order valence-corrected chi connectivity index (χ0v) is 6.55. The van der Waals surface area contributed by atoms with Gasteiger partial charge in [-0.25, -0.2) is 0 Å². The summed E-state index contributed by atoms with van der Waals surface area (Å²) in [6.07, 6.45) is 2.07. The lowest BCUT2D eigenvalue weighted by molar-refractivity contribution is -0.165. The molecule has 1 aliphatic rings. The second-order valence-electron chi connectivity index (χ2n) is 2.81. The SMILES string of the molecule is C#CC1CC(O)[C@H](O)C(CO)O1. The van der Waals surface area contributed by atoms with Gasteiger partial charge in [-0.1, -0.05) is 5.92 Å². The van der Waals surface area contributed by atoms with Gasteiger partial charge < -0.3 is 20.1 Å². The number of terminal acetylenes is 1. The van der Waals surface area contributed by atoms with Gasteiger partial charge in [-0.3, -0.25) is 0 Å². The van der Waals surface area contributed by atoms with Crippen LogP contribution in [0.4, 0.5) is 0 Å². The van der Waals surface area contributed by atoms with Crippen LogP contribution in [0.5, 0.6) is 0 Å². The summed E-state index contributed by atoms with van der Waals surface area (Å²) in [7, 11) is 0. The normalized spacial score (nSPS) is 42.2. The fourth-order valence-electron chi connectivity index (χ4n) is 1.21. The van der Waals surface area contributed by atoms with Crippen molar-refractivity contribution in [3.8, 4) is 12.3 Å². The molecule has 0 amide bonds. The molecule has 12 heavy (non-hydrogen) atoms. The molecule has 0 aromatic rings. The Labute approximate surface area is 70.8 Å². The van der Waals surface area contributed by atoms with Crippen LogP contribution in [0.1, 0.15) is 6.42 Å². The fourth-order valence-corrected chi connectivity index (χ4v) is 1.21. The summed E-state index contributed by atoms with van der Waals surface area (Å²) < 4.78 is 5.07. The van der Waals surface area contributed by atoms with Crippen LogP contribution in [0.15, 0.2) is 0 Å². The third-order valence-electron chi connectivity index (χ3n) is 1.94. The van der Waals surface area contributed by atoms with Gasteiger partial charge in [0.1, 0.15) is 18.3 Å². The average Bonchev–Trinajstić information content (AvgIpc) is 2.09. The van der Waals surface area contributed by atoms with Gasteiger partial charge in [0.15, 0.2) is 0 Å². The quantitative estimate of drug-likeness (QED) is 0.421. The number of aliphatic hydroxyl groups excluding tert-OH is 3. The van der Waals surface area contributed by atoms with Gasteiger partial charge in [-0.2, -0.15) is 0 Å². The van der Waals surface area contributed by atoms with Crippen molar-refractivity contribution in [1.82, 2.24) is 0 Å². The highest BCUT2D eigenvalue weighted by molar-refractivity contribution is 5.00. The van der Waals surface area contributed by atoms with Gasteiger partial charge in [0, 0.05) is 6.42 Å². The van der Waals surface area contributed by atoms with Crippen LogP contribution in [0.25, 0.3) is 0 Å². The molecule has 1 aliphatic heterocycles. The molecule has 1 heterocycles. The first-order valence-corrected chi connectivity index (χ1v) is 3.77. The molecule has 1 fully saturated rings. The molecule has 0 saturated carbocycles. The zero-order valence-electron chi connectivity index (χ0n) is 6.55. The number of ether oxygens (including phenoxy) is 1. The van der Waals surface area contributed by atoms with E-state index in [0.29, 0.717) is 0 Å². The lowest BCUT2D eigenvalue weighted by Crippen LogP contribution is -2.49. The van der Waals surface area contributed by atoms with E-state index in [1.54, 1.807) is 0 Å². The maximum atomic E-state index is 9.25. The van der Waals surface area contributed by atoms with E-state index in [-0.39, 0.29) is 13.0 Å². The Balaban J connectivity index is 2.59. The molecule has 0 spiro atoms. The van der Waals surface area contributed by atoms with Crippen LogP contribution in [-0.4, -0.2) is 46.3 Å². The van der Waals surface area contributed by atoms with Gasteiger partial charge in [-0.15, -0.1) is 6.42 Å². The highest BCUT2D eigenvalue weighted by atomic mass is 16.5. The minimum atomic E-state index is -1.04. The van der Waals surface area contributed by atoms with Gasteiger partial charge in [0.2, 0.25) is 0 Å². The van der Waals surface area contributed by atoms with Crippen molar-refractivity contribution in [1.29, 1.82) is 0 Å². The summed E-state index contributed by atoms with van der Waals surface area (Å²) >= 11 is 0. The van der Waals surface area contributed by atoms with Gasteiger partial charge in [-0.05, 0) is 0 Å². The Bertz CT molecular complexity index is 186. The van der Waals surface area contributed by atoms with Crippen LogP contribution < -0.4 is 0 Å². The molecular formula is C8H12O4. The molecular weight excluding hydrogens is 160 g/mol. The van der Waals surface area contributed by atoms with E-state index < -0.39 is 24.4 Å². The van der Waals surface area contributed by atoms with Gasteiger partial charge in [0.05, 0.1) is 12.7 Å². The highest BCUT2D eigenvalue weighted by Crippen LogP contribution is 2.19. The molecule has 68 valence electrons. The molecule has 1 rings (SSSR count). The first-order chi connectivity index (χ1) is 5.69. The highest BCUT2D eigenvalue weighted by Gasteiger charge is 2.35. The van der Waals surface area contributed by atoms with E-state index in [1.165, 1.54) is 0 Å². The number of rotatable bonds is 1. The third kappa shape index (κ3) is 1.76. The molecule has 0 aromatic heterocycles. The van der Waals surface area contributed by atoms with Crippen molar-refractivity contribution in [3.05, 3.63) is 0 Å². The molecule has 0 bridgehead atoms. The molecule has 0 aromatic carbocycles. The molecule has 3 unspecified atom stereocenters. The van der Waals surface area contributed by atoms with Gasteiger partial charge >= 0.3 is 0 Å². The number of hydrogen-bond donors (Lipinski definition) is 3. The van der Waals surface area contributed by atoms with Crippen LogP contribution in [-0.2, 0) is 4.74 Å². The first-order valence-electron chi connectivity index (χ1n) is 3.77. The van der Waals surface area contributed by atoms with E-state index >= 15 is 0 Å². The molecule has 4 heteroatoms. The van der Waals surface area contributed by atoms with Crippen molar-refractivity contribution in [3.63, 3.8) is 0 Å². The smallest absolute Gasteiger partial charge is 0.121 e. The summed E-state index contributed by atoms with van der Waals surface area (Å²) in [6.45, 7) is -0.337. The third-order valence-corrected chi connectivity index (χ3v) is 1.94. The monoisotopic (exact) mass is 172 g/mol. The number of aliphatic hydroxyl groups is 3. The predicted molar refractivity (Wildman–Crippen MR) is 41.2 cm³/mol. The Kier molecular flexibility index (Phi) is 3.06. The molecule has 4 nitrogen and oxygen atoms in total. The maximum absolute atomic E-state index is 9.25. The second-order valence-corrected chi connectivity index (χ2v) is 2.81. The largest absolute Gasteiger partial charge is 0.394 e. The fraction of sp³-hybridized carbons (Fsp3) is 0.750. The maximum Gasteiger partial charge on any atom is 0.121 e. The van der Waals surface area contributed by atoms with Crippen LogP contribution in [0.3, 0.4) is 0 Å². The van der Waals surface area contributed by atoms with E-state index in [1.807, 2.05) is 0 Å². The minimum absolute atomic E-state index is 0.216. The van der Waals surface area contributed by atoms with Crippen LogP contribution in [0, 0.1) is 12.3 Å². The Morgan fingerprint density at radius 3 is 2.67 bits per heavy atom. The number of hydrogen-bond acceptors (Lipinski definition) is 4.